The summed E-state index contributed by atoms with van der Waals surface area (Å²) in [6.45, 7) is 2.63. The summed E-state index contributed by atoms with van der Waals surface area (Å²) in [5.74, 6) is 1.69. The lowest BCUT2D eigenvalue weighted by molar-refractivity contribution is -0.925. The highest BCUT2D eigenvalue weighted by atomic mass is 16.5. The first-order valence-corrected chi connectivity index (χ1v) is 9.34. The Bertz CT molecular complexity index is 894. The molecule has 3 rings (SSSR count). The standard InChI is InChI=1S/C20H25N3O6/c1-12-7-18(22-29-12)21-19(24)11-23-6-5-13-8-16(26-2)17(27-3)9-14(13)15(23)10-20(25)28-4/h7-9,15H,5-6,10-11H2,1-4H3,(H,21,22,24)/p+1/t15-/m0/s1. The molecule has 2 atom stereocenters. The van der Waals surface area contributed by atoms with E-state index in [0.29, 0.717) is 29.6 Å². The number of amides is 1. The molecule has 2 N–H and O–H groups in total. The van der Waals surface area contributed by atoms with E-state index in [1.807, 2.05) is 12.1 Å². The van der Waals surface area contributed by atoms with Crippen LogP contribution in [-0.4, -0.2) is 51.5 Å². The normalized spacial score (nSPS) is 17.9. The number of anilines is 1. The molecule has 156 valence electrons. The number of ether oxygens (including phenoxy) is 3. The Morgan fingerprint density at radius 2 is 1.93 bits per heavy atom. The number of aryl methyl sites for hydroxylation is 1. The number of quaternary nitrogens is 1. The summed E-state index contributed by atoms with van der Waals surface area (Å²) in [7, 11) is 4.52. The van der Waals surface area contributed by atoms with Gasteiger partial charge in [-0.1, -0.05) is 5.16 Å². The zero-order valence-electron chi connectivity index (χ0n) is 17.0. The molecule has 0 fully saturated rings. The van der Waals surface area contributed by atoms with Crippen molar-refractivity contribution in [2.75, 3.05) is 39.7 Å². The van der Waals surface area contributed by atoms with Gasteiger partial charge < -0.3 is 29.0 Å². The largest absolute Gasteiger partial charge is 0.493 e. The van der Waals surface area contributed by atoms with Crippen LogP contribution in [0.1, 0.15) is 29.3 Å². The van der Waals surface area contributed by atoms with Gasteiger partial charge in [0.25, 0.3) is 5.91 Å². The van der Waals surface area contributed by atoms with Crippen molar-refractivity contribution in [2.45, 2.75) is 25.8 Å². The zero-order valence-corrected chi connectivity index (χ0v) is 17.0. The highest BCUT2D eigenvalue weighted by molar-refractivity contribution is 5.90. The van der Waals surface area contributed by atoms with Crippen molar-refractivity contribution in [1.29, 1.82) is 0 Å². The molecular weight excluding hydrogens is 378 g/mol. The molecule has 0 spiro atoms. The van der Waals surface area contributed by atoms with Gasteiger partial charge in [0.1, 0.15) is 18.2 Å². The summed E-state index contributed by atoms with van der Waals surface area (Å²) in [6, 6.07) is 5.24. The lowest BCUT2D eigenvalue weighted by atomic mass is 9.90. The minimum absolute atomic E-state index is 0.157. The molecule has 0 radical (unpaired) electrons. The maximum Gasteiger partial charge on any atom is 0.311 e. The van der Waals surface area contributed by atoms with Crippen LogP contribution in [0.15, 0.2) is 22.7 Å². The number of carbonyl (C=O) groups excluding carboxylic acids is 2. The predicted octanol–water partition coefficient (Wildman–Crippen LogP) is 0.684. The minimum atomic E-state index is -0.331. The second kappa shape index (κ2) is 8.95. The molecule has 2 heterocycles. The molecule has 9 heteroatoms. The molecule has 1 aromatic heterocycles. The van der Waals surface area contributed by atoms with Crippen LogP contribution >= 0.6 is 0 Å². The Balaban J connectivity index is 1.85. The zero-order chi connectivity index (χ0) is 21.0. The van der Waals surface area contributed by atoms with E-state index in [9.17, 15) is 9.59 Å². The lowest BCUT2D eigenvalue weighted by Crippen LogP contribution is -3.14. The number of carbonyl (C=O) groups is 2. The number of esters is 1. The van der Waals surface area contributed by atoms with Crippen LogP contribution in [-0.2, 0) is 20.7 Å². The van der Waals surface area contributed by atoms with Gasteiger partial charge in [-0.2, -0.15) is 0 Å². The molecule has 0 aliphatic carbocycles. The fourth-order valence-corrected chi connectivity index (χ4v) is 3.70. The van der Waals surface area contributed by atoms with E-state index in [4.69, 9.17) is 18.7 Å². The number of hydrogen-bond acceptors (Lipinski definition) is 7. The molecule has 0 saturated carbocycles. The second-order valence-electron chi connectivity index (χ2n) is 6.94. The lowest BCUT2D eigenvalue weighted by Gasteiger charge is -2.33. The third kappa shape index (κ3) is 4.68. The second-order valence-corrected chi connectivity index (χ2v) is 6.94. The Kier molecular flexibility index (Phi) is 6.38. The predicted molar refractivity (Wildman–Crippen MR) is 103 cm³/mol. The summed E-state index contributed by atoms with van der Waals surface area (Å²) < 4.78 is 20.7. The molecule has 9 nitrogen and oxygen atoms in total. The SMILES string of the molecule is COC(=O)C[C@H]1c2cc(OC)c(OC)cc2CC[NH+]1CC(=O)Nc1cc(C)on1. The maximum atomic E-state index is 12.6. The summed E-state index contributed by atoms with van der Waals surface area (Å²) in [5, 5.41) is 6.52. The smallest absolute Gasteiger partial charge is 0.311 e. The molecule has 1 aliphatic heterocycles. The molecule has 1 amide bonds. The topological polar surface area (TPSA) is 104 Å². The van der Waals surface area contributed by atoms with Crippen LogP contribution in [0.25, 0.3) is 0 Å². The number of methoxy groups -OCH3 is 3. The third-order valence-electron chi connectivity index (χ3n) is 5.11. The molecule has 0 bridgehead atoms. The molecular formula is C20H26N3O6+. The average Bonchev–Trinajstić information content (AvgIpc) is 3.12. The number of fused-ring (bicyclic) bond motifs is 1. The van der Waals surface area contributed by atoms with E-state index in [1.165, 1.54) is 7.11 Å². The Morgan fingerprint density at radius 1 is 1.21 bits per heavy atom. The number of rotatable bonds is 7. The first-order chi connectivity index (χ1) is 13.9. The van der Waals surface area contributed by atoms with Gasteiger partial charge in [-0.15, -0.1) is 0 Å². The van der Waals surface area contributed by atoms with Gasteiger partial charge >= 0.3 is 5.97 Å². The van der Waals surface area contributed by atoms with Gasteiger partial charge in [0.2, 0.25) is 0 Å². The van der Waals surface area contributed by atoms with Crippen LogP contribution in [0.2, 0.25) is 0 Å². The molecule has 0 saturated heterocycles. The molecule has 2 aromatic rings. The monoisotopic (exact) mass is 404 g/mol. The molecule has 1 aliphatic rings. The van der Waals surface area contributed by atoms with Gasteiger partial charge in [0, 0.05) is 18.1 Å². The Labute approximate surface area is 168 Å². The fraction of sp³-hybridized carbons (Fsp3) is 0.450. The first kappa shape index (κ1) is 20.7. The average molecular weight is 404 g/mol. The van der Waals surface area contributed by atoms with Gasteiger partial charge in [-0.25, -0.2) is 0 Å². The highest BCUT2D eigenvalue weighted by Gasteiger charge is 2.35. The van der Waals surface area contributed by atoms with Crippen molar-refractivity contribution in [3.63, 3.8) is 0 Å². The fourth-order valence-electron chi connectivity index (χ4n) is 3.70. The molecule has 1 unspecified atom stereocenters. The summed E-state index contributed by atoms with van der Waals surface area (Å²) >= 11 is 0. The van der Waals surface area contributed by atoms with Crippen LogP contribution in [0, 0.1) is 6.92 Å². The van der Waals surface area contributed by atoms with Crippen molar-refractivity contribution in [3.05, 3.63) is 35.1 Å². The summed E-state index contributed by atoms with van der Waals surface area (Å²) in [5.41, 5.74) is 2.03. The molecule has 1 aromatic carbocycles. The van der Waals surface area contributed by atoms with Crippen molar-refractivity contribution in [2.24, 2.45) is 0 Å². The Hall–Kier alpha value is -3.07. The number of nitrogens with zero attached hydrogens (tertiary/aromatic N) is 1. The third-order valence-corrected chi connectivity index (χ3v) is 5.11. The van der Waals surface area contributed by atoms with E-state index >= 15 is 0 Å². The maximum absolute atomic E-state index is 12.6. The van der Waals surface area contributed by atoms with Gasteiger partial charge in [0.05, 0.1) is 27.9 Å². The van der Waals surface area contributed by atoms with E-state index in [2.05, 4.69) is 10.5 Å². The van der Waals surface area contributed by atoms with Crippen molar-refractivity contribution in [1.82, 2.24) is 5.16 Å². The van der Waals surface area contributed by atoms with E-state index in [-0.39, 0.29) is 30.9 Å². The van der Waals surface area contributed by atoms with Gasteiger partial charge in [0.15, 0.2) is 23.9 Å². The Morgan fingerprint density at radius 3 is 2.55 bits per heavy atom. The van der Waals surface area contributed by atoms with E-state index in [1.54, 1.807) is 27.2 Å². The van der Waals surface area contributed by atoms with Crippen molar-refractivity contribution >= 4 is 17.7 Å². The number of benzene rings is 1. The summed E-state index contributed by atoms with van der Waals surface area (Å²) in [6.07, 6.45) is 0.906. The van der Waals surface area contributed by atoms with Gasteiger partial charge in [-0.05, 0) is 24.6 Å². The van der Waals surface area contributed by atoms with E-state index < -0.39 is 0 Å². The van der Waals surface area contributed by atoms with Gasteiger partial charge in [-0.3, -0.25) is 9.59 Å². The number of nitrogens with one attached hydrogen (secondary N) is 2. The molecule has 29 heavy (non-hydrogen) atoms. The van der Waals surface area contributed by atoms with Crippen LogP contribution in [0.5, 0.6) is 11.5 Å². The van der Waals surface area contributed by atoms with Crippen LogP contribution in [0.3, 0.4) is 0 Å². The highest BCUT2D eigenvalue weighted by Crippen LogP contribution is 2.35. The number of aromatic nitrogens is 1. The van der Waals surface area contributed by atoms with Crippen molar-refractivity contribution in [3.8, 4) is 11.5 Å². The van der Waals surface area contributed by atoms with Crippen LogP contribution in [0.4, 0.5) is 5.82 Å². The van der Waals surface area contributed by atoms with Crippen LogP contribution < -0.4 is 19.7 Å². The van der Waals surface area contributed by atoms with E-state index in [0.717, 1.165) is 22.4 Å². The van der Waals surface area contributed by atoms with Crippen molar-refractivity contribution < 1.29 is 33.2 Å². The first-order valence-electron chi connectivity index (χ1n) is 9.34. The minimum Gasteiger partial charge on any atom is -0.493 e. The quantitative estimate of drug-likeness (QED) is 0.654. The number of hydrogen-bond donors (Lipinski definition) is 2. The summed E-state index contributed by atoms with van der Waals surface area (Å²) in [4.78, 5) is 25.6.